The second kappa shape index (κ2) is 6.16. The van der Waals surface area contributed by atoms with Crippen molar-refractivity contribution in [1.29, 1.82) is 0 Å². The van der Waals surface area contributed by atoms with Crippen molar-refractivity contribution < 1.29 is 10.0 Å². The number of allylic oxidation sites excluding steroid dienone is 1. The minimum Gasteiger partial charge on any atom is -0.427 e. The molecular weight excluding hydrogens is 189 g/mol. The van der Waals surface area contributed by atoms with E-state index in [0.717, 1.165) is 6.42 Å². The van der Waals surface area contributed by atoms with Crippen molar-refractivity contribution >= 4 is 18.9 Å². The lowest BCUT2D eigenvalue weighted by molar-refractivity contribution is 0.417. The minimum absolute atomic E-state index is 0.976. The van der Waals surface area contributed by atoms with E-state index in [2.05, 4.69) is 29.3 Å². The van der Waals surface area contributed by atoms with Crippen LogP contribution in [0.3, 0.4) is 0 Å². The highest BCUT2D eigenvalue weighted by atomic mass is 16.4. The molecule has 0 aromatic heterocycles. The van der Waals surface area contributed by atoms with Crippen molar-refractivity contribution in [3.8, 4) is 0 Å². The topological polar surface area (TPSA) is 52.8 Å². The van der Waals surface area contributed by atoms with Crippen molar-refractivity contribution in [1.82, 2.24) is 0 Å². The van der Waals surface area contributed by atoms with Gasteiger partial charge in [0.2, 0.25) is 0 Å². The van der Waals surface area contributed by atoms with E-state index >= 15 is 0 Å². The van der Waals surface area contributed by atoms with Gasteiger partial charge in [-0.15, -0.1) is 0 Å². The molecule has 0 unspecified atom stereocenters. The average Bonchev–Trinajstić information content (AvgIpc) is 2.71. The zero-order valence-electron chi connectivity index (χ0n) is 8.67. The first kappa shape index (κ1) is 11.7. The predicted octanol–water partition coefficient (Wildman–Crippen LogP) is 1.59. The largest absolute Gasteiger partial charge is 0.448 e. The molecule has 15 heavy (non-hydrogen) atoms. The molecule has 0 atom stereocenters. The lowest BCUT2D eigenvalue weighted by Gasteiger charge is -1.97. The number of nitrogens with zero attached hydrogens (tertiary/aromatic N) is 1. The lowest BCUT2D eigenvalue weighted by Crippen LogP contribution is -2.00. The summed E-state index contributed by atoms with van der Waals surface area (Å²) in [6, 6.07) is 10.4. The van der Waals surface area contributed by atoms with Crippen LogP contribution < -0.4 is 0 Å². The van der Waals surface area contributed by atoms with Gasteiger partial charge in [-0.05, 0) is 18.0 Å². The molecule has 4 heteroatoms. The molecule has 0 amide bonds. The van der Waals surface area contributed by atoms with Gasteiger partial charge in [-0.3, -0.25) is 4.99 Å². The van der Waals surface area contributed by atoms with Gasteiger partial charge in [0.1, 0.15) is 0 Å². The summed E-state index contributed by atoms with van der Waals surface area (Å²) in [5.74, 6) is 0. The summed E-state index contributed by atoms with van der Waals surface area (Å²) < 4.78 is 0. The van der Waals surface area contributed by atoms with E-state index in [1.807, 2.05) is 18.5 Å². The van der Waals surface area contributed by atoms with Crippen LogP contribution in [0.2, 0.25) is 6.82 Å². The molecule has 0 fully saturated rings. The minimum atomic E-state index is -1.17. The van der Waals surface area contributed by atoms with E-state index < -0.39 is 7.12 Å². The quantitative estimate of drug-likeness (QED) is 0.681. The first-order chi connectivity index (χ1) is 7.20. The van der Waals surface area contributed by atoms with Gasteiger partial charge in [0, 0.05) is 18.8 Å². The summed E-state index contributed by atoms with van der Waals surface area (Å²) in [7, 11) is -1.17. The number of hydrogen-bond acceptors (Lipinski definition) is 3. The van der Waals surface area contributed by atoms with Crippen molar-refractivity contribution in [3.63, 3.8) is 0 Å². The summed E-state index contributed by atoms with van der Waals surface area (Å²) in [5, 5.41) is 15.2. The molecule has 2 rings (SSSR count). The molecule has 0 spiro atoms. The van der Waals surface area contributed by atoms with Crippen LogP contribution in [-0.2, 0) is 0 Å². The monoisotopic (exact) mass is 203 g/mol. The highest BCUT2D eigenvalue weighted by Crippen LogP contribution is 2.19. The van der Waals surface area contributed by atoms with E-state index in [4.69, 9.17) is 10.0 Å². The van der Waals surface area contributed by atoms with E-state index in [1.165, 1.54) is 18.0 Å². The molecule has 3 nitrogen and oxygen atoms in total. The number of benzene rings is 1. The van der Waals surface area contributed by atoms with Crippen molar-refractivity contribution in [2.75, 3.05) is 0 Å². The van der Waals surface area contributed by atoms with Gasteiger partial charge >= 0.3 is 7.12 Å². The second-order valence-corrected chi connectivity index (χ2v) is 3.19. The first-order valence-electron chi connectivity index (χ1n) is 4.82. The van der Waals surface area contributed by atoms with E-state index in [1.54, 1.807) is 0 Å². The lowest BCUT2D eigenvalue weighted by atomic mass is 9.99. The van der Waals surface area contributed by atoms with Gasteiger partial charge in [-0.1, -0.05) is 30.3 Å². The van der Waals surface area contributed by atoms with Crippen LogP contribution in [0.1, 0.15) is 12.0 Å². The molecule has 1 aromatic rings. The Morgan fingerprint density at radius 1 is 1.20 bits per heavy atom. The van der Waals surface area contributed by atoms with Crippen LogP contribution in [-0.4, -0.2) is 23.4 Å². The summed E-state index contributed by atoms with van der Waals surface area (Å²) in [5.41, 5.74) is 2.59. The Morgan fingerprint density at radius 3 is 2.27 bits per heavy atom. The van der Waals surface area contributed by atoms with Gasteiger partial charge < -0.3 is 10.0 Å². The fourth-order valence-electron chi connectivity index (χ4n) is 1.19. The molecule has 2 N–H and O–H groups in total. The van der Waals surface area contributed by atoms with Crippen LogP contribution in [0, 0.1) is 0 Å². The number of hydrogen-bond donors (Lipinski definition) is 2. The molecule has 1 aliphatic heterocycles. The van der Waals surface area contributed by atoms with Crippen LogP contribution in [0.15, 0.2) is 41.5 Å². The van der Waals surface area contributed by atoms with Crippen LogP contribution in [0.4, 0.5) is 0 Å². The van der Waals surface area contributed by atoms with Crippen LogP contribution >= 0.6 is 0 Å². The highest BCUT2D eigenvalue weighted by molar-refractivity contribution is 6.38. The van der Waals surface area contributed by atoms with Gasteiger partial charge in [0.05, 0.1) is 0 Å². The van der Waals surface area contributed by atoms with E-state index in [9.17, 15) is 0 Å². The summed E-state index contributed by atoms with van der Waals surface area (Å²) in [4.78, 5) is 4.05. The smallest absolute Gasteiger partial charge is 0.427 e. The molecular formula is C11H14BNO2. The third-order valence-corrected chi connectivity index (χ3v) is 1.79. The Hall–Kier alpha value is -1.39. The van der Waals surface area contributed by atoms with Gasteiger partial charge in [0.25, 0.3) is 0 Å². The molecule has 0 saturated carbocycles. The zero-order valence-corrected chi connectivity index (χ0v) is 8.67. The Balaban J connectivity index is 0.000000245. The van der Waals surface area contributed by atoms with Crippen LogP contribution in [0.25, 0.3) is 5.57 Å². The molecule has 0 bridgehead atoms. The molecule has 1 aliphatic rings. The van der Waals surface area contributed by atoms with E-state index in [-0.39, 0.29) is 0 Å². The third-order valence-electron chi connectivity index (χ3n) is 1.79. The van der Waals surface area contributed by atoms with Gasteiger partial charge in [-0.2, -0.15) is 0 Å². The highest BCUT2D eigenvalue weighted by Gasteiger charge is 2.01. The fourth-order valence-corrected chi connectivity index (χ4v) is 1.19. The van der Waals surface area contributed by atoms with Crippen molar-refractivity contribution in [2.45, 2.75) is 13.2 Å². The fraction of sp³-hybridized carbons (Fsp3) is 0.182. The molecule has 0 aliphatic carbocycles. The predicted molar refractivity (Wildman–Crippen MR) is 63.6 cm³/mol. The van der Waals surface area contributed by atoms with Crippen molar-refractivity contribution in [2.24, 2.45) is 4.99 Å². The summed E-state index contributed by atoms with van der Waals surface area (Å²) >= 11 is 0. The molecule has 78 valence electrons. The van der Waals surface area contributed by atoms with E-state index in [0.29, 0.717) is 0 Å². The summed E-state index contributed by atoms with van der Waals surface area (Å²) in [6.07, 6.45) is 4.83. The SMILES string of the molecule is C1=NC=C(c2ccccc2)C1.CB(O)O. The Morgan fingerprint density at radius 2 is 1.80 bits per heavy atom. The first-order valence-corrected chi connectivity index (χ1v) is 4.82. The average molecular weight is 203 g/mol. The zero-order chi connectivity index (χ0) is 11.1. The van der Waals surface area contributed by atoms with Crippen LogP contribution in [0.5, 0.6) is 0 Å². The maximum Gasteiger partial charge on any atom is 0.448 e. The third kappa shape index (κ3) is 4.58. The number of rotatable bonds is 1. The summed E-state index contributed by atoms with van der Waals surface area (Å²) in [6.45, 7) is 1.28. The standard InChI is InChI=1S/C10H9N.CH5BO2/c1-2-4-9(5-3-1)10-6-7-11-8-10;1-2(3)4/h1-5,7-8H,6H2;3-4H,1H3. The molecule has 1 heterocycles. The molecule has 1 aromatic carbocycles. The maximum absolute atomic E-state index is 7.61. The van der Waals surface area contributed by atoms with Gasteiger partial charge in [-0.25, -0.2) is 0 Å². The maximum atomic E-state index is 7.61. The Labute approximate surface area is 89.9 Å². The number of aliphatic imine (C=N–C) groups is 1. The Kier molecular flexibility index (Phi) is 4.80. The Bertz CT molecular complexity index is 344. The van der Waals surface area contributed by atoms with Crippen molar-refractivity contribution in [3.05, 3.63) is 42.1 Å². The second-order valence-electron chi connectivity index (χ2n) is 3.19. The normalized spacial score (nSPS) is 12.9. The van der Waals surface area contributed by atoms with Gasteiger partial charge in [0.15, 0.2) is 0 Å². The molecule has 0 radical (unpaired) electrons. The molecule has 0 saturated heterocycles.